The Kier molecular flexibility index (Phi) is 3.50. The number of benzene rings is 1. The van der Waals surface area contributed by atoms with Gasteiger partial charge in [0.2, 0.25) is 12.3 Å². The molecule has 108 valence electrons. The summed E-state index contributed by atoms with van der Waals surface area (Å²) in [6, 6.07) is 6.50. The molecule has 2 aromatic rings. The lowest BCUT2D eigenvalue weighted by Crippen LogP contribution is -2.37. The summed E-state index contributed by atoms with van der Waals surface area (Å²) < 4.78 is 10.4. The van der Waals surface area contributed by atoms with Gasteiger partial charge in [-0.3, -0.25) is 9.69 Å². The molecule has 0 aliphatic carbocycles. The molecule has 0 unspecified atom stereocenters. The second-order valence-corrected chi connectivity index (χ2v) is 4.33. The highest BCUT2D eigenvalue weighted by Gasteiger charge is 2.26. The van der Waals surface area contributed by atoms with E-state index in [0.29, 0.717) is 24.7 Å². The minimum absolute atomic E-state index is 0.187. The quantitative estimate of drug-likeness (QED) is 0.888. The molecule has 21 heavy (non-hydrogen) atoms. The minimum atomic E-state index is -0.379. The first-order chi connectivity index (χ1) is 10.2. The summed E-state index contributed by atoms with van der Waals surface area (Å²) in [7, 11) is 0. The van der Waals surface area contributed by atoms with Crippen LogP contribution in [0, 0.1) is 0 Å². The molecule has 1 fully saturated rings. The molecule has 1 aromatic heterocycles. The molecular formula is C13H12N4O4. The molecule has 0 radical (unpaired) electrons. The molecule has 1 saturated heterocycles. The van der Waals surface area contributed by atoms with E-state index in [-0.39, 0.29) is 18.5 Å². The Morgan fingerprint density at radius 1 is 1.38 bits per heavy atom. The van der Waals surface area contributed by atoms with Gasteiger partial charge in [-0.1, -0.05) is 0 Å². The van der Waals surface area contributed by atoms with Crippen LogP contribution in [0.15, 0.2) is 35.1 Å². The number of hydrogen-bond acceptors (Lipinski definition) is 6. The van der Waals surface area contributed by atoms with Gasteiger partial charge in [-0.05, 0) is 24.3 Å². The molecule has 2 heterocycles. The van der Waals surface area contributed by atoms with Crippen LogP contribution in [0.5, 0.6) is 5.75 Å². The molecule has 0 spiro atoms. The average molecular weight is 288 g/mol. The van der Waals surface area contributed by atoms with E-state index in [2.05, 4.69) is 15.5 Å². The van der Waals surface area contributed by atoms with Crippen molar-refractivity contribution in [2.75, 3.05) is 19.7 Å². The molecular weight excluding hydrogens is 276 g/mol. The number of ether oxygens (including phenoxy) is 1. The highest BCUT2D eigenvalue weighted by Crippen LogP contribution is 2.20. The van der Waals surface area contributed by atoms with Gasteiger partial charge in [0.25, 0.3) is 5.91 Å². The molecule has 3 amide bonds. The maximum Gasteiger partial charge on any atom is 0.324 e. The van der Waals surface area contributed by atoms with E-state index in [1.165, 1.54) is 6.39 Å². The van der Waals surface area contributed by atoms with Crippen LogP contribution in [-0.4, -0.2) is 46.7 Å². The number of carbonyl (C=O) groups excluding carboxylic acids is 2. The van der Waals surface area contributed by atoms with Crippen molar-refractivity contribution in [3.63, 3.8) is 0 Å². The monoisotopic (exact) mass is 288 g/mol. The van der Waals surface area contributed by atoms with Crippen LogP contribution in [0.25, 0.3) is 11.5 Å². The number of nitrogens with zero attached hydrogens (tertiary/aromatic N) is 3. The van der Waals surface area contributed by atoms with Gasteiger partial charge in [-0.25, -0.2) is 4.79 Å². The van der Waals surface area contributed by atoms with Crippen LogP contribution < -0.4 is 10.1 Å². The standard InChI is InChI=1S/C13H12N4O4/c18-11(17-6-5-14-13(17)19)7-20-10-3-1-9(2-4-10)12-16-15-8-21-12/h1-4,8H,5-7H2,(H,14,19). The van der Waals surface area contributed by atoms with E-state index in [1.807, 2.05) is 0 Å². The number of amides is 3. The highest BCUT2D eigenvalue weighted by atomic mass is 16.5. The van der Waals surface area contributed by atoms with Crippen LogP contribution in [-0.2, 0) is 4.79 Å². The first-order valence-corrected chi connectivity index (χ1v) is 6.31. The Morgan fingerprint density at radius 2 is 2.19 bits per heavy atom. The lowest BCUT2D eigenvalue weighted by atomic mass is 10.2. The van der Waals surface area contributed by atoms with Crippen molar-refractivity contribution < 1.29 is 18.7 Å². The van der Waals surface area contributed by atoms with E-state index >= 15 is 0 Å². The molecule has 1 aliphatic heterocycles. The Labute approximate surface area is 119 Å². The third-order valence-electron chi connectivity index (χ3n) is 2.98. The lowest BCUT2D eigenvalue weighted by molar-refractivity contribution is -0.129. The lowest BCUT2D eigenvalue weighted by Gasteiger charge is -2.12. The molecule has 0 atom stereocenters. The van der Waals surface area contributed by atoms with E-state index in [9.17, 15) is 9.59 Å². The van der Waals surface area contributed by atoms with Crippen molar-refractivity contribution in [3.05, 3.63) is 30.7 Å². The molecule has 8 nitrogen and oxygen atoms in total. The largest absolute Gasteiger partial charge is 0.484 e. The molecule has 8 heteroatoms. The second-order valence-electron chi connectivity index (χ2n) is 4.33. The summed E-state index contributed by atoms with van der Waals surface area (Å²) in [4.78, 5) is 24.2. The van der Waals surface area contributed by atoms with E-state index in [0.717, 1.165) is 10.5 Å². The summed E-state index contributed by atoms with van der Waals surface area (Å²) in [6.07, 6.45) is 1.25. The van der Waals surface area contributed by atoms with Gasteiger partial charge in [0.05, 0.1) is 0 Å². The number of carbonyl (C=O) groups is 2. The summed E-state index contributed by atoms with van der Waals surface area (Å²) in [5, 5.41) is 9.94. The van der Waals surface area contributed by atoms with Crippen molar-refractivity contribution in [1.82, 2.24) is 20.4 Å². The van der Waals surface area contributed by atoms with E-state index in [1.54, 1.807) is 24.3 Å². The molecule has 1 aromatic carbocycles. The predicted octanol–water partition coefficient (Wildman–Crippen LogP) is 0.667. The fourth-order valence-corrected chi connectivity index (χ4v) is 1.93. The van der Waals surface area contributed by atoms with Gasteiger partial charge < -0.3 is 14.5 Å². The van der Waals surface area contributed by atoms with E-state index in [4.69, 9.17) is 9.15 Å². The van der Waals surface area contributed by atoms with Crippen molar-refractivity contribution in [3.8, 4) is 17.2 Å². The normalized spacial score (nSPS) is 14.1. The molecule has 3 rings (SSSR count). The molecule has 1 aliphatic rings. The Bertz CT molecular complexity index is 639. The van der Waals surface area contributed by atoms with Crippen LogP contribution in [0.3, 0.4) is 0 Å². The van der Waals surface area contributed by atoms with Crippen LogP contribution in [0.4, 0.5) is 4.79 Å². The van der Waals surface area contributed by atoms with Gasteiger partial charge in [0, 0.05) is 18.7 Å². The van der Waals surface area contributed by atoms with Gasteiger partial charge in [0.1, 0.15) is 5.75 Å². The first-order valence-electron chi connectivity index (χ1n) is 6.31. The third-order valence-corrected chi connectivity index (χ3v) is 2.98. The highest BCUT2D eigenvalue weighted by molar-refractivity contribution is 5.96. The number of hydrogen-bond donors (Lipinski definition) is 1. The van der Waals surface area contributed by atoms with Gasteiger partial charge >= 0.3 is 6.03 Å². The average Bonchev–Trinajstić information content (AvgIpc) is 3.16. The first kappa shape index (κ1) is 13.1. The zero-order valence-electron chi connectivity index (χ0n) is 11.0. The zero-order valence-corrected chi connectivity index (χ0v) is 11.0. The fourth-order valence-electron chi connectivity index (χ4n) is 1.93. The fraction of sp³-hybridized carbons (Fsp3) is 0.231. The van der Waals surface area contributed by atoms with Gasteiger partial charge in [-0.2, -0.15) is 0 Å². The predicted molar refractivity (Wildman–Crippen MR) is 70.3 cm³/mol. The number of aromatic nitrogens is 2. The topological polar surface area (TPSA) is 97.6 Å². The minimum Gasteiger partial charge on any atom is -0.484 e. The third kappa shape index (κ3) is 2.83. The Balaban J connectivity index is 1.58. The number of nitrogens with one attached hydrogen (secondary N) is 1. The summed E-state index contributed by atoms with van der Waals surface area (Å²) >= 11 is 0. The van der Waals surface area contributed by atoms with Crippen molar-refractivity contribution in [2.24, 2.45) is 0 Å². The van der Waals surface area contributed by atoms with Gasteiger partial charge in [0.15, 0.2) is 6.61 Å². The Hall–Kier alpha value is -2.90. The van der Waals surface area contributed by atoms with Crippen molar-refractivity contribution in [2.45, 2.75) is 0 Å². The number of urea groups is 1. The second kappa shape index (κ2) is 5.61. The number of rotatable bonds is 4. The van der Waals surface area contributed by atoms with Crippen molar-refractivity contribution in [1.29, 1.82) is 0 Å². The maximum atomic E-state index is 11.8. The van der Waals surface area contributed by atoms with Gasteiger partial charge in [-0.15, -0.1) is 10.2 Å². The SMILES string of the molecule is O=C(COc1ccc(-c2nnco2)cc1)N1CCNC1=O. The van der Waals surface area contributed by atoms with Crippen LogP contribution >= 0.6 is 0 Å². The van der Waals surface area contributed by atoms with Crippen LogP contribution in [0.2, 0.25) is 0 Å². The Morgan fingerprint density at radius 3 is 2.81 bits per heavy atom. The molecule has 0 bridgehead atoms. The summed E-state index contributed by atoms with van der Waals surface area (Å²) in [5.74, 6) is 0.559. The van der Waals surface area contributed by atoms with Crippen molar-refractivity contribution >= 4 is 11.9 Å². The molecule has 0 saturated carbocycles. The van der Waals surface area contributed by atoms with E-state index < -0.39 is 0 Å². The summed E-state index contributed by atoms with van der Waals surface area (Å²) in [6.45, 7) is 0.661. The smallest absolute Gasteiger partial charge is 0.324 e. The number of imide groups is 1. The maximum absolute atomic E-state index is 11.8. The summed E-state index contributed by atoms with van der Waals surface area (Å²) in [5.41, 5.74) is 0.755. The zero-order chi connectivity index (χ0) is 14.7. The molecule has 1 N–H and O–H groups in total. The van der Waals surface area contributed by atoms with Crippen LogP contribution in [0.1, 0.15) is 0 Å².